The summed E-state index contributed by atoms with van der Waals surface area (Å²) in [4.78, 5) is 22.1. The molecule has 2 aliphatic heterocycles. The number of carbonyl (C=O) groups is 1. The van der Waals surface area contributed by atoms with Gasteiger partial charge in [-0.15, -0.1) is 0 Å². The van der Waals surface area contributed by atoms with E-state index in [2.05, 4.69) is 26.8 Å². The highest BCUT2D eigenvalue weighted by atomic mass is 32.2. The van der Waals surface area contributed by atoms with Gasteiger partial charge in [-0.05, 0) is 61.9 Å². The number of likely N-dealkylation sites (N-methyl/N-ethyl adjacent to an activating group) is 1. The first-order valence-corrected chi connectivity index (χ1v) is 14.7. The fraction of sp³-hybridized carbons (Fsp3) is 0.333. The smallest absolute Gasteiger partial charge is 0.255 e. The van der Waals surface area contributed by atoms with Gasteiger partial charge in [0.2, 0.25) is 5.96 Å². The van der Waals surface area contributed by atoms with Gasteiger partial charge in [0.1, 0.15) is 11.6 Å². The first kappa shape index (κ1) is 26.9. The second kappa shape index (κ2) is 12.4. The van der Waals surface area contributed by atoms with Gasteiger partial charge in [-0.25, -0.2) is 4.39 Å². The highest BCUT2D eigenvalue weighted by Gasteiger charge is 2.19. The maximum atomic E-state index is 14.5. The molecule has 0 aromatic heterocycles. The van der Waals surface area contributed by atoms with Crippen molar-refractivity contribution in [3.63, 3.8) is 0 Å². The molecule has 5 rings (SSSR count). The Balaban J connectivity index is 1.36. The van der Waals surface area contributed by atoms with E-state index < -0.39 is 5.82 Å². The molecule has 39 heavy (non-hydrogen) atoms. The number of aliphatic imine (C=N–C) groups is 1. The predicted molar refractivity (Wildman–Crippen MR) is 160 cm³/mol. The lowest BCUT2D eigenvalue weighted by Gasteiger charge is -2.29. The number of amides is 1. The second-order valence-corrected chi connectivity index (χ2v) is 10.7. The summed E-state index contributed by atoms with van der Waals surface area (Å²) < 4.78 is 20.8. The van der Waals surface area contributed by atoms with E-state index in [1.54, 1.807) is 17.8 Å². The molecule has 0 unspecified atom stereocenters. The van der Waals surface area contributed by atoms with Crippen LogP contribution in [0.2, 0.25) is 0 Å². The van der Waals surface area contributed by atoms with Crippen LogP contribution >= 0.6 is 11.8 Å². The number of anilines is 2. The molecule has 2 aliphatic rings. The number of halogens is 1. The minimum absolute atomic E-state index is 0.300. The quantitative estimate of drug-likeness (QED) is 0.353. The van der Waals surface area contributed by atoms with E-state index in [1.165, 1.54) is 18.6 Å². The van der Waals surface area contributed by atoms with Gasteiger partial charge in [-0.2, -0.15) is 11.8 Å². The lowest BCUT2D eigenvalue weighted by Crippen LogP contribution is -2.43. The summed E-state index contributed by atoms with van der Waals surface area (Å²) in [7, 11) is 1.99. The number of hydrogen-bond acceptors (Lipinski definition) is 5. The average molecular weight is 548 g/mol. The average Bonchev–Trinajstić information content (AvgIpc) is 2.96. The van der Waals surface area contributed by atoms with E-state index in [-0.39, 0.29) is 5.91 Å². The number of hydrogen-bond donors (Lipinski definition) is 2. The van der Waals surface area contributed by atoms with Crippen molar-refractivity contribution in [3.8, 4) is 5.75 Å². The van der Waals surface area contributed by atoms with Crippen molar-refractivity contribution < 1.29 is 13.9 Å². The number of ether oxygens (including phenoxy) is 1. The zero-order valence-electron chi connectivity index (χ0n) is 22.4. The van der Waals surface area contributed by atoms with Crippen LogP contribution in [0.5, 0.6) is 5.75 Å². The Labute approximate surface area is 233 Å². The summed E-state index contributed by atoms with van der Waals surface area (Å²) in [5.41, 5.74) is 1.69. The predicted octanol–water partition coefficient (Wildman–Crippen LogP) is 5.70. The Morgan fingerprint density at radius 1 is 1.10 bits per heavy atom. The molecular weight excluding hydrogens is 513 g/mol. The van der Waals surface area contributed by atoms with Crippen LogP contribution in [-0.4, -0.2) is 62.0 Å². The molecular formula is C30H34FN5O2S. The van der Waals surface area contributed by atoms with Gasteiger partial charge in [0.05, 0.1) is 6.54 Å². The summed E-state index contributed by atoms with van der Waals surface area (Å²) >= 11 is 1.76. The van der Waals surface area contributed by atoms with Crippen molar-refractivity contribution in [2.24, 2.45) is 4.99 Å². The molecule has 204 valence electrons. The molecule has 1 fully saturated rings. The van der Waals surface area contributed by atoms with Crippen molar-refractivity contribution in [1.82, 2.24) is 10.2 Å². The maximum Gasteiger partial charge on any atom is 0.255 e. The van der Waals surface area contributed by atoms with Crippen LogP contribution in [-0.2, 0) is 0 Å². The lowest BCUT2D eigenvalue weighted by molar-refractivity contribution is 0.102. The third-order valence-electron chi connectivity index (χ3n) is 6.92. The standard InChI is InChI=1S/C30H34FN5O2S/c1-35-16-12-28(34-30(35)32-13-17-39-2)38-27-11-10-26(24-8-4-5-9-25(24)27)33-29(37)21-18-22(31)20-23(19-21)36-14-6-3-7-15-36/h4-5,8-12,18-20H,3,6-7,13-17H2,1-2H3,(H,32,34)(H,33,37). The Hall–Kier alpha value is -3.72. The second-order valence-electron chi connectivity index (χ2n) is 9.73. The zero-order chi connectivity index (χ0) is 27.2. The Bertz CT molecular complexity index is 1400. The molecule has 0 bridgehead atoms. The Kier molecular flexibility index (Phi) is 8.56. The van der Waals surface area contributed by atoms with E-state index in [0.717, 1.165) is 60.6 Å². The summed E-state index contributed by atoms with van der Waals surface area (Å²) in [5, 5.41) is 7.96. The highest BCUT2D eigenvalue weighted by Crippen LogP contribution is 2.33. The number of guanidine groups is 1. The number of nitrogens with zero attached hydrogens (tertiary/aromatic N) is 3. The van der Waals surface area contributed by atoms with Gasteiger partial charge in [-0.1, -0.05) is 24.3 Å². The third kappa shape index (κ3) is 6.47. The number of benzene rings is 3. The van der Waals surface area contributed by atoms with Crippen LogP contribution < -0.4 is 20.3 Å². The van der Waals surface area contributed by atoms with Gasteiger partial charge >= 0.3 is 0 Å². The van der Waals surface area contributed by atoms with E-state index in [4.69, 9.17) is 4.74 Å². The first-order chi connectivity index (χ1) is 19.0. The van der Waals surface area contributed by atoms with Gasteiger partial charge < -0.3 is 19.9 Å². The van der Waals surface area contributed by atoms with Crippen molar-refractivity contribution >= 4 is 45.8 Å². The number of fused-ring (bicyclic) bond motifs is 1. The molecule has 1 saturated heterocycles. The molecule has 7 nitrogen and oxygen atoms in total. The van der Waals surface area contributed by atoms with Crippen molar-refractivity contribution in [1.29, 1.82) is 0 Å². The topological polar surface area (TPSA) is 69.2 Å². The minimum atomic E-state index is -0.410. The molecule has 2 heterocycles. The van der Waals surface area contributed by atoms with E-state index in [0.29, 0.717) is 29.4 Å². The largest absolute Gasteiger partial charge is 0.441 e. The van der Waals surface area contributed by atoms with Crippen LogP contribution in [0.1, 0.15) is 29.6 Å². The summed E-state index contributed by atoms with van der Waals surface area (Å²) in [5.74, 6) is 2.24. The van der Waals surface area contributed by atoms with Crippen LogP contribution in [0.4, 0.5) is 15.8 Å². The zero-order valence-corrected chi connectivity index (χ0v) is 23.2. The third-order valence-corrected chi connectivity index (χ3v) is 7.51. The summed E-state index contributed by atoms with van der Waals surface area (Å²) in [6, 6.07) is 16.0. The van der Waals surface area contributed by atoms with E-state index in [1.807, 2.05) is 54.4 Å². The van der Waals surface area contributed by atoms with Gasteiger partial charge in [0.25, 0.3) is 5.91 Å². The highest BCUT2D eigenvalue weighted by molar-refractivity contribution is 7.98. The molecule has 0 spiro atoms. The van der Waals surface area contributed by atoms with Gasteiger partial charge in [0.15, 0.2) is 5.88 Å². The fourth-order valence-electron chi connectivity index (χ4n) is 4.86. The molecule has 3 aromatic carbocycles. The van der Waals surface area contributed by atoms with Crippen LogP contribution in [0, 0.1) is 5.82 Å². The number of rotatable bonds is 8. The number of piperidine rings is 1. The number of carbonyl (C=O) groups excluding carboxylic acids is 1. The Morgan fingerprint density at radius 3 is 2.69 bits per heavy atom. The normalized spacial score (nSPS) is 16.7. The van der Waals surface area contributed by atoms with Crippen LogP contribution in [0.15, 0.2) is 71.5 Å². The van der Waals surface area contributed by atoms with E-state index in [9.17, 15) is 9.18 Å². The van der Waals surface area contributed by atoms with Crippen molar-refractivity contribution in [2.45, 2.75) is 19.3 Å². The lowest BCUT2D eigenvalue weighted by atomic mass is 10.1. The maximum absolute atomic E-state index is 14.5. The van der Waals surface area contributed by atoms with Gasteiger partial charge in [0, 0.05) is 60.1 Å². The molecule has 9 heteroatoms. The van der Waals surface area contributed by atoms with E-state index >= 15 is 0 Å². The minimum Gasteiger partial charge on any atom is -0.441 e. The molecule has 0 atom stereocenters. The van der Waals surface area contributed by atoms with Crippen molar-refractivity contribution in [2.75, 3.05) is 55.5 Å². The first-order valence-electron chi connectivity index (χ1n) is 13.3. The SMILES string of the molecule is CSCCN=C1NC(Oc2ccc(NC(=O)c3cc(F)cc(N4CCCCC4)c3)c3ccccc23)=CCN1C. The van der Waals surface area contributed by atoms with Gasteiger partial charge in [-0.3, -0.25) is 15.1 Å². The molecule has 3 aromatic rings. The molecule has 0 aliphatic carbocycles. The fourth-order valence-corrected chi connectivity index (χ4v) is 5.13. The molecule has 1 amide bonds. The number of thioether (sulfide) groups is 1. The molecule has 0 radical (unpaired) electrons. The van der Waals surface area contributed by atoms with Crippen LogP contribution in [0.3, 0.4) is 0 Å². The number of nitrogens with one attached hydrogen (secondary N) is 2. The van der Waals surface area contributed by atoms with Crippen LogP contribution in [0.25, 0.3) is 10.8 Å². The monoisotopic (exact) mass is 547 g/mol. The summed E-state index contributed by atoms with van der Waals surface area (Å²) in [6.07, 6.45) is 7.38. The van der Waals surface area contributed by atoms with Crippen molar-refractivity contribution in [3.05, 3.63) is 77.9 Å². The molecule has 2 N–H and O–H groups in total. The Morgan fingerprint density at radius 2 is 1.90 bits per heavy atom. The molecule has 0 saturated carbocycles. The summed E-state index contributed by atoms with van der Waals surface area (Å²) in [6.45, 7) is 3.16.